The van der Waals surface area contributed by atoms with Crippen molar-refractivity contribution in [1.82, 2.24) is 19.9 Å². The van der Waals surface area contributed by atoms with Gasteiger partial charge in [-0.2, -0.15) is 5.26 Å². The number of anilines is 1. The molecule has 2 atom stereocenters. The van der Waals surface area contributed by atoms with Crippen LogP contribution in [0.4, 0.5) is 5.95 Å². The summed E-state index contributed by atoms with van der Waals surface area (Å²) in [6, 6.07) is 2.19. The molecule has 2 aromatic heterocycles. The highest BCUT2D eigenvalue weighted by atomic mass is 35.5. The number of rotatable bonds is 5. The van der Waals surface area contributed by atoms with Crippen molar-refractivity contribution >= 4 is 41.4 Å². The number of esters is 1. The quantitative estimate of drug-likeness (QED) is 0.670. The first-order valence-electron chi connectivity index (χ1n) is 10.1. The van der Waals surface area contributed by atoms with Gasteiger partial charge in [0.15, 0.2) is 0 Å². The Morgan fingerprint density at radius 3 is 2.90 bits per heavy atom. The molecule has 0 amide bonds. The van der Waals surface area contributed by atoms with Crippen LogP contribution < -0.4 is 10.6 Å². The largest absolute Gasteiger partial charge is 0.459 e. The van der Waals surface area contributed by atoms with E-state index in [1.54, 1.807) is 10.7 Å². The summed E-state index contributed by atoms with van der Waals surface area (Å²) in [5.41, 5.74) is 1.97. The minimum absolute atomic E-state index is 0. The summed E-state index contributed by atoms with van der Waals surface area (Å²) in [7, 11) is 0. The molecular formula is C20H26Cl2N6O2. The number of aromatic nitrogens is 3. The zero-order chi connectivity index (χ0) is 20.6. The van der Waals surface area contributed by atoms with E-state index in [0.717, 1.165) is 44.3 Å². The summed E-state index contributed by atoms with van der Waals surface area (Å²) in [4.78, 5) is 15.8. The number of hydrogen-bond acceptors (Lipinski definition) is 7. The van der Waals surface area contributed by atoms with E-state index in [2.05, 4.69) is 28.6 Å². The average molecular weight is 453 g/mol. The average Bonchev–Trinajstić information content (AvgIpc) is 2.94. The molecule has 0 unspecified atom stereocenters. The van der Waals surface area contributed by atoms with Gasteiger partial charge < -0.3 is 15.4 Å². The van der Waals surface area contributed by atoms with Crippen molar-refractivity contribution in [3.05, 3.63) is 22.5 Å². The molecule has 3 heterocycles. The highest BCUT2D eigenvalue weighted by Gasteiger charge is 2.42. The fourth-order valence-corrected chi connectivity index (χ4v) is 4.79. The van der Waals surface area contributed by atoms with Crippen molar-refractivity contribution < 1.29 is 9.53 Å². The van der Waals surface area contributed by atoms with Crippen LogP contribution in [0.5, 0.6) is 0 Å². The lowest BCUT2D eigenvalue weighted by molar-refractivity contribution is -0.147. The Morgan fingerprint density at radius 2 is 2.30 bits per heavy atom. The van der Waals surface area contributed by atoms with Crippen LogP contribution in [0.15, 0.2) is 6.20 Å². The van der Waals surface area contributed by atoms with Gasteiger partial charge in [-0.3, -0.25) is 4.79 Å². The number of carbonyl (C=O) groups excluding carboxylic acids is 1. The fraction of sp³-hybridized carbons (Fsp3) is 0.600. The maximum Gasteiger partial charge on any atom is 0.303 e. The molecular weight excluding hydrogens is 427 g/mol. The van der Waals surface area contributed by atoms with Crippen molar-refractivity contribution in [3.63, 3.8) is 0 Å². The molecule has 30 heavy (non-hydrogen) atoms. The minimum Gasteiger partial charge on any atom is -0.459 e. The molecule has 8 nitrogen and oxygen atoms in total. The predicted molar refractivity (Wildman–Crippen MR) is 116 cm³/mol. The smallest absolute Gasteiger partial charge is 0.303 e. The van der Waals surface area contributed by atoms with E-state index in [9.17, 15) is 10.1 Å². The SMILES string of the molecule is CCC1(c2c(C#N)c(Cl)c3cnc(N[C@H]4CCNC[C@H]4OC(C)=O)nn23)CCC1.Cl. The Kier molecular flexibility index (Phi) is 6.75. The molecule has 1 saturated heterocycles. The Bertz CT molecular complexity index is 976. The molecule has 0 bridgehead atoms. The molecule has 0 spiro atoms. The lowest BCUT2D eigenvalue weighted by Crippen LogP contribution is -2.50. The lowest BCUT2D eigenvalue weighted by Gasteiger charge is -2.41. The maximum atomic E-state index is 11.4. The topological polar surface area (TPSA) is 104 Å². The summed E-state index contributed by atoms with van der Waals surface area (Å²) in [5.74, 6) is 0.124. The highest BCUT2D eigenvalue weighted by Crippen LogP contribution is 2.49. The van der Waals surface area contributed by atoms with Gasteiger partial charge in [0.1, 0.15) is 17.7 Å². The van der Waals surface area contributed by atoms with Gasteiger partial charge >= 0.3 is 5.97 Å². The number of carbonyl (C=O) groups is 1. The first-order chi connectivity index (χ1) is 14.0. The van der Waals surface area contributed by atoms with Gasteiger partial charge in [0.2, 0.25) is 5.95 Å². The van der Waals surface area contributed by atoms with Crippen LogP contribution in [0.3, 0.4) is 0 Å². The molecule has 0 radical (unpaired) electrons. The molecule has 1 aliphatic carbocycles. The Hall–Kier alpha value is -2.08. The van der Waals surface area contributed by atoms with E-state index in [1.165, 1.54) is 6.92 Å². The third-order valence-corrected chi connectivity index (χ3v) is 6.67. The number of nitrogens with one attached hydrogen (secondary N) is 2. The van der Waals surface area contributed by atoms with Crippen LogP contribution >= 0.6 is 24.0 Å². The summed E-state index contributed by atoms with van der Waals surface area (Å²) in [5, 5.41) is 21.4. The second-order valence-electron chi connectivity index (χ2n) is 7.91. The Balaban J connectivity index is 0.00000256. The van der Waals surface area contributed by atoms with Crippen LogP contribution in [0.1, 0.15) is 57.2 Å². The predicted octanol–water partition coefficient (Wildman–Crippen LogP) is 3.21. The van der Waals surface area contributed by atoms with Gasteiger partial charge in [-0.05, 0) is 32.2 Å². The molecule has 162 valence electrons. The van der Waals surface area contributed by atoms with E-state index in [4.69, 9.17) is 21.4 Å². The van der Waals surface area contributed by atoms with Crippen molar-refractivity contribution in [2.75, 3.05) is 18.4 Å². The van der Waals surface area contributed by atoms with Crippen LogP contribution in [0.2, 0.25) is 5.02 Å². The van der Waals surface area contributed by atoms with E-state index in [-0.39, 0.29) is 35.9 Å². The second-order valence-corrected chi connectivity index (χ2v) is 8.29. The zero-order valence-corrected chi connectivity index (χ0v) is 18.6. The summed E-state index contributed by atoms with van der Waals surface area (Å²) in [6.07, 6.45) is 6.26. The van der Waals surface area contributed by atoms with Crippen LogP contribution in [0.25, 0.3) is 5.52 Å². The molecule has 2 aliphatic rings. The number of fused-ring (bicyclic) bond motifs is 1. The molecule has 2 aromatic rings. The monoisotopic (exact) mass is 452 g/mol. The molecule has 4 rings (SSSR count). The first-order valence-corrected chi connectivity index (χ1v) is 10.5. The molecule has 2 fully saturated rings. The van der Waals surface area contributed by atoms with Crippen LogP contribution in [-0.2, 0) is 14.9 Å². The van der Waals surface area contributed by atoms with Crippen molar-refractivity contribution in [3.8, 4) is 6.07 Å². The maximum absolute atomic E-state index is 11.4. The molecule has 1 saturated carbocycles. The van der Waals surface area contributed by atoms with Gasteiger partial charge in [-0.1, -0.05) is 24.9 Å². The standard InChI is InChI=1S/C20H25ClN6O2.ClH/c1-3-20(6-4-7-20)18-13(9-22)17(21)15-10-24-19(26-27(15)18)25-14-5-8-23-11-16(14)29-12(2)28;/h10,14,16,23H,3-8,11H2,1-2H3,(H,25,26);1H/t14-,16+;/m0./s1. The zero-order valence-electron chi connectivity index (χ0n) is 17.1. The lowest BCUT2D eigenvalue weighted by atomic mass is 9.64. The third-order valence-electron chi connectivity index (χ3n) is 6.28. The number of nitrogens with zero attached hydrogens (tertiary/aromatic N) is 4. The number of nitriles is 1. The van der Waals surface area contributed by atoms with Crippen LogP contribution in [-0.4, -0.2) is 45.8 Å². The molecule has 10 heteroatoms. The first kappa shape index (κ1) is 22.6. The Morgan fingerprint density at radius 1 is 1.53 bits per heavy atom. The summed E-state index contributed by atoms with van der Waals surface area (Å²) >= 11 is 6.52. The van der Waals surface area contributed by atoms with E-state index in [1.807, 2.05) is 0 Å². The van der Waals surface area contributed by atoms with Crippen molar-refractivity contribution in [1.29, 1.82) is 5.26 Å². The molecule has 0 aromatic carbocycles. The van der Waals surface area contributed by atoms with Gasteiger partial charge in [0, 0.05) is 18.9 Å². The summed E-state index contributed by atoms with van der Waals surface area (Å²) in [6.45, 7) is 4.95. The minimum atomic E-state index is -0.310. The van der Waals surface area contributed by atoms with E-state index < -0.39 is 0 Å². The third kappa shape index (κ3) is 3.82. The Labute approximate surface area is 186 Å². The normalized spacial score (nSPS) is 22.5. The molecule has 2 N–H and O–H groups in total. The summed E-state index contributed by atoms with van der Waals surface area (Å²) < 4.78 is 7.23. The van der Waals surface area contributed by atoms with E-state index >= 15 is 0 Å². The van der Waals surface area contributed by atoms with Crippen LogP contribution in [0, 0.1) is 11.3 Å². The van der Waals surface area contributed by atoms with Crippen molar-refractivity contribution in [2.24, 2.45) is 0 Å². The molecule has 1 aliphatic heterocycles. The fourth-order valence-electron chi connectivity index (χ4n) is 4.53. The van der Waals surface area contributed by atoms with Crippen molar-refractivity contribution in [2.45, 2.75) is 63.5 Å². The van der Waals surface area contributed by atoms with Gasteiger partial charge in [0.05, 0.1) is 28.5 Å². The number of ether oxygens (including phenoxy) is 1. The number of halogens is 2. The van der Waals surface area contributed by atoms with Gasteiger partial charge in [-0.15, -0.1) is 17.5 Å². The van der Waals surface area contributed by atoms with Gasteiger partial charge in [0.25, 0.3) is 0 Å². The van der Waals surface area contributed by atoms with Gasteiger partial charge in [-0.25, -0.2) is 9.50 Å². The highest BCUT2D eigenvalue weighted by molar-refractivity contribution is 6.35. The number of hydrogen-bond donors (Lipinski definition) is 2. The number of piperidine rings is 1. The van der Waals surface area contributed by atoms with E-state index in [0.29, 0.717) is 28.6 Å². The second kappa shape index (κ2) is 8.96.